The number of aliphatic hydroxyl groups is 1. The second-order valence-electron chi connectivity index (χ2n) is 4.79. The van der Waals surface area contributed by atoms with Crippen molar-refractivity contribution < 1.29 is 28.7 Å². The molecule has 4 unspecified atom stereocenters. The Kier molecular flexibility index (Phi) is 5.01. The van der Waals surface area contributed by atoms with Crippen molar-refractivity contribution in [3.8, 4) is 0 Å². The van der Waals surface area contributed by atoms with Gasteiger partial charge < -0.3 is 20.3 Å². The van der Waals surface area contributed by atoms with Gasteiger partial charge in [0.1, 0.15) is 12.3 Å². The summed E-state index contributed by atoms with van der Waals surface area (Å²) < 4.78 is 24.0. The number of hydrogen-bond acceptors (Lipinski definition) is 7. The average Bonchev–Trinajstić information content (AvgIpc) is 2.49. The Morgan fingerprint density at radius 1 is 1.50 bits per heavy atom. The van der Waals surface area contributed by atoms with Gasteiger partial charge in [0.05, 0.1) is 10.5 Å². The molecule has 120 valence electrons. The molecule has 0 amide bonds. The summed E-state index contributed by atoms with van der Waals surface area (Å²) in [5.41, 5.74) is 5.28. The number of halogens is 1. The number of non-ortho nitro benzene ring substituents is 1. The molecule has 2 rings (SSSR count). The fourth-order valence-corrected chi connectivity index (χ4v) is 2.14. The Labute approximate surface area is 124 Å². The highest BCUT2D eigenvalue weighted by atomic mass is 19.1. The second-order valence-corrected chi connectivity index (χ2v) is 4.79. The first-order chi connectivity index (χ1) is 10.4. The van der Waals surface area contributed by atoms with Crippen LogP contribution in [0.25, 0.3) is 0 Å². The fraction of sp³-hybridized carbons (Fsp3) is 0.462. The predicted molar refractivity (Wildman–Crippen MR) is 71.7 cm³/mol. The molecule has 1 saturated heterocycles. The van der Waals surface area contributed by atoms with Gasteiger partial charge in [-0.2, -0.15) is 0 Å². The van der Waals surface area contributed by atoms with Gasteiger partial charge in [0, 0.05) is 25.1 Å². The van der Waals surface area contributed by atoms with Gasteiger partial charge in [-0.1, -0.05) is 0 Å². The van der Waals surface area contributed by atoms with E-state index in [1.54, 1.807) is 0 Å². The summed E-state index contributed by atoms with van der Waals surface area (Å²) in [6.07, 6.45) is -5.43. The number of ether oxygens (including phenoxy) is 2. The summed E-state index contributed by atoms with van der Waals surface area (Å²) in [6, 6.07) is 4.71. The molecule has 8 nitrogen and oxygen atoms in total. The van der Waals surface area contributed by atoms with Crippen LogP contribution in [0, 0.1) is 10.1 Å². The smallest absolute Gasteiger partial charge is 0.338 e. The van der Waals surface area contributed by atoms with E-state index in [-0.39, 0.29) is 24.2 Å². The summed E-state index contributed by atoms with van der Waals surface area (Å²) in [5.74, 6) is -0.846. The summed E-state index contributed by atoms with van der Waals surface area (Å²) in [5, 5.41) is 19.9. The van der Waals surface area contributed by atoms with E-state index in [9.17, 15) is 24.4 Å². The Morgan fingerprint density at radius 3 is 2.68 bits per heavy atom. The number of alkyl halides is 1. The van der Waals surface area contributed by atoms with Gasteiger partial charge in [-0.15, -0.1) is 0 Å². The maximum atomic E-state index is 13.9. The molecule has 0 aromatic heterocycles. The Morgan fingerprint density at radius 2 is 2.14 bits per heavy atom. The first-order valence-corrected chi connectivity index (χ1v) is 6.55. The minimum absolute atomic E-state index is 0.0414. The maximum absolute atomic E-state index is 13.9. The summed E-state index contributed by atoms with van der Waals surface area (Å²) in [7, 11) is 0. The fourth-order valence-electron chi connectivity index (χ4n) is 2.14. The molecule has 1 aliphatic rings. The third-order valence-corrected chi connectivity index (χ3v) is 3.27. The lowest BCUT2D eigenvalue weighted by Gasteiger charge is -2.35. The van der Waals surface area contributed by atoms with Gasteiger partial charge in [-0.3, -0.25) is 10.1 Å². The molecule has 22 heavy (non-hydrogen) atoms. The number of nitrogens with zero attached hydrogens (tertiary/aromatic N) is 1. The van der Waals surface area contributed by atoms with Crippen molar-refractivity contribution in [2.45, 2.75) is 31.1 Å². The van der Waals surface area contributed by atoms with Gasteiger partial charge in [-0.05, 0) is 12.1 Å². The molecule has 0 aliphatic carbocycles. The summed E-state index contributed by atoms with van der Waals surface area (Å²) in [6.45, 7) is -0.129. The molecule has 1 aromatic carbocycles. The standard InChI is InChI=1S/C13H15FN2O6/c14-9-5-11(17)21-10(6-15)12(9)22-13(18)7-1-3-8(4-2-7)16(19)20/h1-4,9-12,17H,5-6,15H2. The highest BCUT2D eigenvalue weighted by molar-refractivity contribution is 5.89. The maximum Gasteiger partial charge on any atom is 0.338 e. The highest BCUT2D eigenvalue weighted by Crippen LogP contribution is 2.25. The number of hydrogen-bond donors (Lipinski definition) is 2. The second kappa shape index (κ2) is 6.77. The van der Waals surface area contributed by atoms with Crippen molar-refractivity contribution in [2.75, 3.05) is 6.54 Å². The lowest BCUT2D eigenvalue weighted by Crippen LogP contribution is -2.51. The number of carbonyl (C=O) groups is 1. The van der Waals surface area contributed by atoms with Crippen LogP contribution in [0.3, 0.4) is 0 Å². The molecule has 1 fully saturated rings. The number of nitrogens with two attached hydrogens (primary N) is 1. The van der Waals surface area contributed by atoms with Gasteiger partial charge in [0.25, 0.3) is 5.69 Å². The number of nitro groups is 1. The molecule has 0 saturated carbocycles. The first kappa shape index (κ1) is 16.3. The van der Waals surface area contributed by atoms with E-state index in [0.717, 1.165) is 12.1 Å². The van der Waals surface area contributed by atoms with E-state index < -0.39 is 35.6 Å². The number of carbonyl (C=O) groups excluding carboxylic acids is 1. The molecule has 1 aliphatic heterocycles. The minimum atomic E-state index is -1.61. The molecular formula is C13H15FN2O6. The normalized spacial score (nSPS) is 28.1. The van der Waals surface area contributed by atoms with E-state index in [1.807, 2.05) is 0 Å². The number of rotatable bonds is 4. The highest BCUT2D eigenvalue weighted by Gasteiger charge is 2.40. The van der Waals surface area contributed by atoms with Crippen LogP contribution in [-0.4, -0.2) is 47.2 Å². The number of benzene rings is 1. The van der Waals surface area contributed by atoms with E-state index >= 15 is 0 Å². The largest absolute Gasteiger partial charge is 0.453 e. The monoisotopic (exact) mass is 314 g/mol. The van der Waals surface area contributed by atoms with Crippen molar-refractivity contribution >= 4 is 11.7 Å². The molecule has 1 heterocycles. The summed E-state index contributed by atoms with van der Waals surface area (Å²) in [4.78, 5) is 21.9. The van der Waals surface area contributed by atoms with Crippen LogP contribution < -0.4 is 5.73 Å². The molecule has 0 spiro atoms. The number of esters is 1. The van der Waals surface area contributed by atoms with Crippen molar-refractivity contribution in [3.05, 3.63) is 39.9 Å². The molecule has 3 N–H and O–H groups in total. The van der Waals surface area contributed by atoms with Crippen LogP contribution in [0.15, 0.2) is 24.3 Å². The number of nitro benzene ring substituents is 1. The van der Waals surface area contributed by atoms with E-state index in [2.05, 4.69) is 0 Å². The number of aliphatic hydroxyl groups excluding tert-OH is 1. The van der Waals surface area contributed by atoms with Crippen molar-refractivity contribution in [2.24, 2.45) is 5.73 Å². The minimum Gasteiger partial charge on any atom is -0.453 e. The molecule has 0 radical (unpaired) electrons. The van der Waals surface area contributed by atoms with E-state index in [0.29, 0.717) is 0 Å². The zero-order valence-corrected chi connectivity index (χ0v) is 11.4. The van der Waals surface area contributed by atoms with Crippen LogP contribution in [0.2, 0.25) is 0 Å². The molecule has 0 bridgehead atoms. The lowest BCUT2D eigenvalue weighted by atomic mass is 10.0. The zero-order valence-electron chi connectivity index (χ0n) is 11.4. The average molecular weight is 314 g/mol. The van der Waals surface area contributed by atoms with Crippen LogP contribution >= 0.6 is 0 Å². The molecule has 9 heteroatoms. The Balaban J connectivity index is 2.08. The van der Waals surface area contributed by atoms with Gasteiger partial charge >= 0.3 is 5.97 Å². The predicted octanol–water partition coefficient (Wildman–Crippen LogP) is 0.524. The van der Waals surface area contributed by atoms with E-state index in [1.165, 1.54) is 12.1 Å². The topological polar surface area (TPSA) is 125 Å². The third kappa shape index (κ3) is 3.56. The quantitative estimate of drug-likeness (QED) is 0.471. The van der Waals surface area contributed by atoms with Crippen LogP contribution in [-0.2, 0) is 9.47 Å². The van der Waals surface area contributed by atoms with Crippen molar-refractivity contribution in [3.63, 3.8) is 0 Å². The Bertz CT molecular complexity index is 552. The van der Waals surface area contributed by atoms with Crippen molar-refractivity contribution in [1.29, 1.82) is 0 Å². The van der Waals surface area contributed by atoms with Crippen LogP contribution in [0.5, 0.6) is 0 Å². The van der Waals surface area contributed by atoms with Crippen molar-refractivity contribution in [1.82, 2.24) is 0 Å². The van der Waals surface area contributed by atoms with Gasteiger partial charge in [0.15, 0.2) is 12.4 Å². The van der Waals surface area contributed by atoms with Gasteiger partial charge in [-0.25, -0.2) is 9.18 Å². The lowest BCUT2D eigenvalue weighted by molar-refractivity contribution is -0.384. The third-order valence-electron chi connectivity index (χ3n) is 3.27. The van der Waals surface area contributed by atoms with Gasteiger partial charge in [0.2, 0.25) is 0 Å². The Hall–Kier alpha value is -2.10. The van der Waals surface area contributed by atoms with Crippen LogP contribution in [0.4, 0.5) is 10.1 Å². The van der Waals surface area contributed by atoms with E-state index in [4.69, 9.17) is 15.2 Å². The summed E-state index contributed by atoms with van der Waals surface area (Å²) >= 11 is 0. The first-order valence-electron chi connectivity index (χ1n) is 6.55. The molecule has 1 aromatic rings. The zero-order chi connectivity index (χ0) is 16.3. The van der Waals surface area contributed by atoms with Crippen LogP contribution in [0.1, 0.15) is 16.8 Å². The SMILES string of the molecule is NCC1OC(O)CC(F)C1OC(=O)c1ccc([N+](=O)[O-])cc1. The molecular weight excluding hydrogens is 299 g/mol. The molecule has 4 atom stereocenters.